The van der Waals surface area contributed by atoms with Crippen molar-refractivity contribution < 1.29 is 9.47 Å². The van der Waals surface area contributed by atoms with E-state index in [1.807, 2.05) is 0 Å². The van der Waals surface area contributed by atoms with Crippen LogP contribution in [0.2, 0.25) is 0 Å². The molecule has 0 atom stereocenters. The fourth-order valence-electron chi connectivity index (χ4n) is 1.70. The minimum absolute atomic E-state index is 0.0979. The van der Waals surface area contributed by atoms with E-state index in [2.05, 4.69) is 25.7 Å². The number of ether oxygens (including phenoxy) is 2. The van der Waals surface area contributed by atoms with Crippen molar-refractivity contribution >= 4 is 0 Å². The van der Waals surface area contributed by atoms with Crippen molar-refractivity contribution in [3.05, 3.63) is 0 Å². The Kier molecular flexibility index (Phi) is 9.06. The van der Waals surface area contributed by atoms with E-state index in [1.165, 1.54) is 12.8 Å². The summed E-state index contributed by atoms with van der Waals surface area (Å²) in [7, 11) is 3.39. The molecule has 0 heterocycles. The van der Waals surface area contributed by atoms with Gasteiger partial charge in [0.05, 0.1) is 0 Å². The highest BCUT2D eigenvalue weighted by Crippen LogP contribution is 2.10. The van der Waals surface area contributed by atoms with Crippen LogP contribution in [0, 0.1) is 5.92 Å². The second-order valence-corrected chi connectivity index (χ2v) is 3.94. The standard InChI is InChI=1S/C12H27NO2/c1-6-11(7-2)9-13(8-3)10-12(14-4)15-5/h11-12H,6-10H2,1-5H3. The monoisotopic (exact) mass is 217 g/mol. The third-order valence-electron chi connectivity index (χ3n) is 3.05. The molecule has 0 rings (SSSR count). The number of nitrogens with zero attached hydrogens (tertiary/aromatic N) is 1. The lowest BCUT2D eigenvalue weighted by molar-refractivity contribution is -0.117. The summed E-state index contributed by atoms with van der Waals surface area (Å²) in [6, 6.07) is 0. The van der Waals surface area contributed by atoms with Gasteiger partial charge in [0.15, 0.2) is 6.29 Å². The largest absolute Gasteiger partial charge is 0.355 e. The zero-order chi connectivity index (χ0) is 11.7. The van der Waals surface area contributed by atoms with Crippen molar-refractivity contribution in [2.75, 3.05) is 33.9 Å². The Bertz CT molecular complexity index is 120. The molecule has 0 radical (unpaired) electrons. The molecule has 0 unspecified atom stereocenters. The van der Waals surface area contributed by atoms with Gasteiger partial charge in [-0.15, -0.1) is 0 Å². The number of methoxy groups -OCH3 is 2. The molecule has 0 saturated carbocycles. The molecule has 0 saturated heterocycles. The lowest BCUT2D eigenvalue weighted by Gasteiger charge is -2.27. The normalized spacial score (nSPS) is 12.0. The van der Waals surface area contributed by atoms with Crippen LogP contribution in [0.25, 0.3) is 0 Å². The summed E-state index contributed by atoms with van der Waals surface area (Å²) in [6.07, 6.45) is 2.40. The first-order valence-electron chi connectivity index (χ1n) is 5.99. The van der Waals surface area contributed by atoms with Crippen LogP contribution >= 0.6 is 0 Å². The van der Waals surface area contributed by atoms with E-state index in [1.54, 1.807) is 14.2 Å². The smallest absolute Gasteiger partial charge is 0.169 e. The summed E-state index contributed by atoms with van der Waals surface area (Å²) in [5.41, 5.74) is 0. The molecule has 0 aliphatic carbocycles. The SMILES string of the molecule is CCC(CC)CN(CC)CC(OC)OC. The zero-order valence-corrected chi connectivity index (χ0v) is 11.0. The van der Waals surface area contributed by atoms with Gasteiger partial charge in [0.25, 0.3) is 0 Å². The van der Waals surface area contributed by atoms with Crippen LogP contribution in [0.15, 0.2) is 0 Å². The first kappa shape index (κ1) is 14.9. The van der Waals surface area contributed by atoms with Crippen molar-refractivity contribution in [3.8, 4) is 0 Å². The fraction of sp³-hybridized carbons (Fsp3) is 1.00. The van der Waals surface area contributed by atoms with Crippen molar-refractivity contribution in [3.63, 3.8) is 0 Å². The summed E-state index contributed by atoms with van der Waals surface area (Å²) in [5.74, 6) is 0.791. The van der Waals surface area contributed by atoms with Crippen LogP contribution in [0.1, 0.15) is 33.6 Å². The van der Waals surface area contributed by atoms with Gasteiger partial charge in [-0.3, -0.25) is 4.90 Å². The quantitative estimate of drug-likeness (QED) is 0.553. The molecule has 0 aromatic carbocycles. The minimum Gasteiger partial charge on any atom is -0.355 e. The third kappa shape index (κ3) is 6.13. The lowest BCUT2D eigenvalue weighted by atomic mass is 10.0. The zero-order valence-electron chi connectivity index (χ0n) is 11.0. The van der Waals surface area contributed by atoms with Gasteiger partial charge in [-0.05, 0) is 12.5 Å². The Morgan fingerprint density at radius 3 is 1.80 bits per heavy atom. The number of hydrogen-bond acceptors (Lipinski definition) is 3. The summed E-state index contributed by atoms with van der Waals surface area (Å²) < 4.78 is 10.4. The molecule has 0 aromatic heterocycles. The number of hydrogen-bond donors (Lipinski definition) is 0. The second kappa shape index (κ2) is 9.13. The Morgan fingerprint density at radius 2 is 1.47 bits per heavy atom. The molecule has 0 spiro atoms. The average Bonchev–Trinajstić information content (AvgIpc) is 2.30. The maximum Gasteiger partial charge on any atom is 0.169 e. The van der Waals surface area contributed by atoms with Gasteiger partial charge >= 0.3 is 0 Å². The first-order valence-corrected chi connectivity index (χ1v) is 5.99. The molecule has 0 bridgehead atoms. The highest BCUT2D eigenvalue weighted by atomic mass is 16.7. The number of rotatable bonds is 9. The van der Waals surface area contributed by atoms with Crippen LogP contribution < -0.4 is 0 Å². The van der Waals surface area contributed by atoms with Crippen molar-refractivity contribution in [1.82, 2.24) is 4.90 Å². The van der Waals surface area contributed by atoms with Gasteiger partial charge in [0, 0.05) is 27.3 Å². The molecule has 0 aliphatic heterocycles. The second-order valence-electron chi connectivity index (χ2n) is 3.94. The number of likely N-dealkylation sites (N-methyl/N-ethyl adjacent to an activating group) is 1. The van der Waals surface area contributed by atoms with E-state index in [0.717, 1.165) is 25.6 Å². The third-order valence-corrected chi connectivity index (χ3v) is 3.05. The molecule has 0 aliphatic rings. The minimum atomic E-state index is -0.0979. The summed E-state index contributed by atoms with van der Waals surface area (Å²) in [6.45, 7) is 9.76. The maximum absolute atomic E-state index is 5.22. The molecule has 0 fully saturated rings. The van der Waals surface area contributed by atoms with Gasteiger partial charge < -0.3 is 9.47 Å². The van der Waals surface area contributed by atoms with Gasteiger partial charge in [-0.25, -0.2) is 0 Å². The molecular weight excluding hydrogens is 190 g/mol. The van der Waals surface area contributed by atoms with Crippen LogP contribution in [-0.2, 0) is 9.47 Å². The summed E-state index contributed by atoms with van der Waals surface area (Å²) in [4.78, 5) is 2.40. The van der Waals surface area contributed by atoms with Crippen LogP contribution in [0.3, 0.4) is 0 Å². The van der Waals surface area contributed by atoms with Crippen LogP contribution in [-0.4, -0.2) is 45.0 Å². The van der Waals surface area contributed by atoms with Gasteiger partial charge in [0.1, 0.15) is 0 Å². The molecule has 3 heteroatoms. The van der Waals surface area contributed by atoms with Crippen LogP contribution in [0.5, 0.6) is 0 Å². The van der Waals surface area contributed by atoms with E-state index in [0.29, 0.717) is 0 Å². The molecule has 0 amide bonds. The highest BCUT2D eigenvalue weighted by Gasteiger charge is 2.14. The summed E-state index contributed by atoms with van der Waals surface area (Å²) >= 11 is 0. The van der Waals surface area contributed by atoms with Gasteiger partial charge in [-0.2, -0.15) is 0 Å². The van der Waals surface area contributed by atoms with E-state index in [4.69, 9.17) is 9.47 Å². The van der Waals surface area contributed by atoms with Crippen LogP contribution in [0.4, 0.5) is 0 Å². The Morgan fingerprint density at radius 1 is 0.933 bits per heavy atom. The van der Waals surface area contributed by atoms with Gasteiger partial charge in [-0.1, -0.05) is 33.6 Å². The Balaban J connectivity index is 4.00. The van der Waals surface area contributed by atoms with Crippen molar-refractivity contribution in [2.24, 2.45) is 5.92 Å². The van der Waals surface area contributed by atoms with E-state index >= 15 is 0 Å². The molecular formula is C12H27NO2. The fourth-order valence-corrected chi connectivity index (χ4v) is 1.70. The van der Waals surface area contributed by atoms with Crippen molar-refractivity contribution in [1.29, 1.82) is 0 Å². The molecule has 15 heavy (non-hydrogen) atoms. The topological polar surface area (TPSA) is 21.7 Å². The van der Waals surface area contributed by atoms with E-state index < -0.39 is 0 Å². The average molecular weight is 217 g/mol. The predicted molar refractivity (Wildman–Crippen MR) is 64.0 cm³/mol. The molecule has 0 N–H and O–H groups in total. The molecule has 3 nitrogen and oxygen atoms in total. The van der Waals surface area contributed by atoms with E-state index in [9.17, 15) is 0 Å². The van der Waals surface area contributed by atoms with Gasteiger partial charge in [0.2, 0.25) is 0 Å². The Labute approximate surface area is 94.7 Å². The van der Waals surface area contributed by atoms with Crippen molar-refractivity contribution in [2.45, 2.75) is 39.9 Å². The molecule has 92 valence electrons. The first-order chi connectivity index (χ1) is 7.21. The summed E-state index contributed by atoms with van der Waals surface area (Å²) in [5, 5.41) is 0. The predicted octanol–water partition coefficient (Wildman–Crippen LogP) is 2.36. The maximum atomic E-state index is 5.22. The Hall–Kier alpha value is -0.120. The molecule has 0 aromatic rings. The highest BCUT2D eigenvalue weighted by molar-refractivity contribution is 4.64. The van der Waals surface area contributed by atoms with E-state index in [-0.39, 0.29) is 6.29 Å². The lowest BCUT2D eigenvalue weighted by Crippen LogP contribution is -2.37.